The fraction of sp³-hybridized carbons (Fsp3) is 0.875. The lowest BCUT2D eigenvalue weighted by molar-refractivity contribution is -0.135. The molecule has 1 atom stereocenters. The summed E-state index contributed by atoms with van der Waals surface area (Å²) < 4.78 is 0. The minimum Gasteiger partial charge on any atom is -0.480 e. The standard InChI is InChI=1S/C8H18N2O2/c1-7(5-9)3-2-4-10-6-8(11)12/h7,10H,2-6,9H2,1H3,(H,11,12). The highest BCUT2D eigenvalue weighted by atomic mass is 16.4. The lowest BCUT2D eigenvalue weighted by Gasteiger charge is -2.07. The first-order valence-corrected chi connectivity index (χ1v) is 4.29. The molecule has 0 saturated carbocycles. The van der Waals surface area contributed by atoms with Crippen LogP contribution in [-0.4, -0.2) is 30.7 Å². The summed E-state index contributed by atoms with van der Waals surface area (Å²) >= 11 is 0. The predicted octanol–water partition coefficient (Wildman–Crippen LogP) is 0.0356. The van der Waals surface area contributed by atoms with E-state index in [-0.39, 0.29) is 6.54 Å². The molecule has 4 heteroatoms. The fourth-order valence-corrected chi connectivity index (χ4v) is 0.889. The molecule has 0 aliphatic heterocycles. The van der Waals surface area contributed by atoms with Crippen LogP contribution in [0.25, 0.3) is 0 Å². The number of hydrogen-bond donors (Lipinski definition) is 3. The van der Waals surface area contributed by atoms with E-state index in [0.717, 1.165) is 19.4 Å². The summed E-state index contributed by atoms with van der Waals surface area (Å²) in [7, 11) is 0. The Morgan fingerprint density at radius 1 is 1.67 bits per heavy atom. The van der Waals surface area contributed by atoms with Crippen molar-refractivity contribution >= 4 is 5.97 Å². The van der Waals surface area contributed by atoms with E-state index in [2.05, 4.69) is 12.2 Å². The maximum absolute atomic E-state index is 10.1. The van der Waals surface area contributed by atoms with Crippen LogP contribution in [0.5, 0.6) is 0 Å². The molecule has 0 radical (unpaired) electrons. The van der Waals surface area contributed by atoms with Gasteiger partial charge in [0, 0.05) is 0 Å². The van der Waals surface area contributed by atoms with Crippen LogP contribution in [0.15, 0.2) is 0 Å². The third kappa shape index (κ3) is 7.50. The lowest BCUT2D eigenvalue weighted by Crippen LogP contribution is -2.24. The fourth-order valence-electron chi connectivity index (χ4n) is 0.889. The molecule has 0 aliphatic rings. The molecule has 4 N–H and O–H groups in total. The van der Waals surface area contributed by atoms with E-state index in [1.165, 1.54) is 0 Å². The first-order valence-electron chi connectivity index (χ1n) is 4.29. The van der Waals surface area contributed by atoms with Crippen LogP contribution in [0, 0.1) is 5.92 Å². The molecule has 1 unspecified atom stereocenters. The Balaban J connectivity index is 3.05. The molecule has 0 aromatic carbocycles. The SMILES string of the molecule is CC(CN)CCCNCC(=O)O. The number of carbonyl (C=O) groups is 1. The summed E-state index contributed by atoms with van der Waals surface area (Å²) in [6.45, 7) is 3.61. The van der Waals surface area contributed by atoms with Crippen LogP contribution >= 0.6 is 0 Å². The van der Waals surface area contributed by atoms with E-state index in [0.29, 0.717) is 12.5 Å². The number of aliphatic carboxylic acids is 1. The second-order valence-electron chi connectivity index (χ2n) is 3.05. The highest BCUT2D eigenvalue weighted by molar-refractivity contribution is 5.68. The Morgan fingerprint density at radius 2 is 2.33 bits per heavy atom. The van der Waals surface area contributed by atoms with Gasteiger partial charge in [0.25, 0.3) is 0 Å². The smallest absolute Gasteiger partial charge is 0.317 e. The number of rotatable bonds is 7. The largest absolute Gasteiger partial charge is 0.480 e. The molecule has 0 amide bonds. The van der Waals surface area contributed by atoms with E-state index in [1.54, 1.807) is 0 Å². The minimum absolute atomic E-state index is 0.0526. The van der Waals surface area contributed by atoms with Gasteiger partial charge >= 0.3 is 5.97 Å². The summed E-state index contributed by atoms with van der Waals surface area (Å²) in [6, 6.07) is 0. The number of nitrogens with two attached hydrogens (primary N) is 1. The summed E-state index contributed by atoms with van der Waals surface area (Å²) in [4.78, 5) is 10.1. The first-order chi connectivity index (χ1) is 5.66. The van der Waals surface area contributed by atoms with Gasteiger partial charge < -0.3 is 16.2 Å². The molecule has 12 heavy (non-hydrogen) atoms. The van der Waals surface area contributed by atoms with Gasteiger partial charge in [0.1, 0.15) is 0 Å². The summed E-state index contributed by atoms with van der Waals surface area (Å²) in [5.74, 6) is -0.265. The summed E-state index contributed by atoms with van der Waals surface area (Å²) in [5.41, 5.74) is 5.42. The molecule has 0 fully saturated rings. The first kappa shape index (κ1) is 11.4. The number of carboxylic acids is 1. The third-order valence-electron chi connectivity index (χ3n) is 1.73. The number of nitrogens with one attached hydrogen (secondary N) is 1. The van der Waals surface area contributed by atoms with Crippen LogP contribution in [0.3, 0.4) is 0 Å². The molecule has 0 spiro atoms. The van der Waals surface area contributed by atoms with Gasteiger partial charge in [0.15, 0.2) is 0 Å². The van der Waals surface area contributed by atoms with Crippen LogP contribution in [0.4, 0.5) is 0 Å². The Hall–Kier alpha value is -0.610. The van der Waals surface area contributed by atoms with Crippen molar-refractivity contribution in [1.82, 2.24) is 5.32 Å². The monoisotopic (exact) mass is 174 g/mol. The van der Waals surface area contributed by atoms with Gasteiger partial charge in [-0.15, -0.1) is 0 Å². The molecule has 72 valence electrons. The Morgan fingerprint density at radius 3 is 2.83 bits per heavy atom. The zero-order valence-corrected chi connectivity index (χ0v) is 7.55. The van der Waals surface area contributed by atoms with Crippen LogP contribution in [0.2, 0.25) is 0 Å². The minimum atomic E-state index is -0.804. The Labute approximate surface area is 73.1 Å². The number of hydrogen-bond acceptors (Lipinski definition) is 3. The molecule has 0 saturated heterocycles. The van der Waals surface area contributed by atoms with Crippen molar-refractivity contribution in [3.05, 3.63) is 0 Å². The van der Waals surface area contributed by atoms with Crippen molar-refractivity contribution in [2.24, 2.45) is 11.7 Å². The second kappa shape index (κ2) is 7.06. The molecule has 0 aliphatic carbocycles. The summed E-state index contributed by atoms with van der Waals surface area (Å²) in [6.07, 6.45) is 2.05. The maximum atomic E-state index is 10.1. The molecule has 0 aromatic rings. The van der Waals surface area contributed by atoms with Crippen molar-refractivity contribution in [2.45, 2.75) is 19.8 Å². The normalized spacial score (nSPS) is 12.8. The average molecular weight is 174 g/mol. The van der Waals surface area contributed by atoms with E-state index in [1.807, 2.05) is 0 Å². The highest BCUT2D eigenvalue weighted by Gasteiger charge is 1.98. The third-order valence-corrected chi connectivity index (χ3v) is 1.73. The zero-order chi connectivity index (χ0) is 9.40. The molecular weight excluding hydrogens is 156 g/mol. The van der Waals surface area contributed by atoms with Crippen LogP contribution in [-0.2, 0) is 4.79 Å². The van der Waals surface area contributed by atoms with Gasteiger partial charge in [-0.2, -0.15) is 0 Å². The average Bonchev–Trinajstić information content (AvgIpc) is 2.03. The van der Waals surface area contributed by atoms with Crippen molar-refractivity contribution in [3.8, 4) is 0 Å². The Kier molecular flexibility index (Phi) is 6.70. The molecule has 0 heterocycles. The lowest BCUT2D eigenvalue weighted by atomic mass is 10.1. The van der Waals surface area contributed by atoms with Gasteiger partial charge in [-0.05, 0) is 31.8 Å². The molecule has 4 nitrogen and oxygen atoms in total. The number of carboxylic acid groups (broad SMARTS) is 1. The van der Waals surface area contributed by atoms with Gasteiger partial charge in [0.2, 0.25) is 0 Å². The van der Waals surface area contributed by atoms with Crippen molar-refractivity contribution in [1.29, 1.82) is 0 Å². The van der Waals surface area contributed by atoms with Crippen molar-refractivity contribution in [3.63, 3.8) is 0 Å². The predicted molar refractivity (Wildman–Crippen MR) is 48.0 cm³/mol. The van der Waals surface area contributed by atoms with E-state index < -0.39 is 5.97 Å². The van der Waals surface area contributed by atoms with Crippen LogP contribution in [0.1, 0.15) is 19.8 Å². The second-order valence-corrected chi connectivity index (χ2v) is 3.05. The molecule has 0 aromatic heterocycles. The Bertz CT molecular complexity index is 128. The van der Waals surface area contributed by atoms with Gasteiger partial charge in [-0.3, -0.25) is 4.79 Å². The van der Waals surface area contributed by atoms with Gasteiger partial charge in [0.05, 0.1) is 6.54 Å². The highest BCUT2D eigenvalue weighted by Crippen LogP contribution is 2.01. The topological polar surface area (TPSA) is 75.3 Å². The van der Waals surface area contributed by atoms with Crippen molar-refractivity contribution in [2.75, 3.05) is 19.6 Å². The van der Waals surface area contributed by atoms with E-state index in [4.69, 9.17) is 10.8 Å². The van der Waals surface area contributed by atoms with Crippen LogP contribution < -0.4 is 11.1 Å². The van der Waals surface area contributed by atoms with E-state index in [9.17, 15) is 4.79 Å². The van der Waals surface area contributed by atoms with Gasteiger partial charge in [-0.1, -0.05) is 6.92 Å². The molecular formula is C8H18N2O2. The summed E-state index contributed by atoms with van der Waals surface area (Å²) in [5, 5.41) is 11.1. The molecule has 0 rings (SSSR count). The maximum Gasteiger partial charge on any atom is 0.317 e. The van der Waals surface area contributed by atoms with E-state index >= 15 is 0 Å². The van der Waals surface area contributed by atoms with Gasteiger partial charge in [-0.25, -0.2) is 0 Å². The quantitative estimate of drug-likeness (QED) is 0.476. The zero-order valence-electron chi connectivity index (χ0n) is 7.55. The molecule has 0 bridgehead atoms. The van der Waals surface area contributed by atoms with Crippen molar-refractivity contribution < 1.29 is 9.90 Å².